The summed E-state index contributed by atoms with van der Waals surface area (Å²) in [6.45, 7) is 0.926. The number of fused-ring (bicyclic) bond motifs is 1. The van der Waals surface area contributed by atoms with Gasteiger partial charge in [-0.1, -0.05) is 0 Å². The average molecular weight is 192 g/mol. The molecular weight excluding hydrogens is 180 g/mol. The minimum absolute atomic E-state index is 0.196. The maximum absolute atomic E-state index is 8.61. The van der Waals surface area contributed by atoms with Crippen LogP contribution in [0.25, 0.3) is 5.65 Å². The summed E-state index contributed by atoms with van der Waals surface area (Å²) >= 11 is 0. The van der Waals surface area contributed by atoms with Gasteiger partial charge in [-0.2, -0.15) is 5.10 Å². The van der Waals surface area contributed by atoms with Crippen molar-refractivity contribution in [3.8, 4) is 0 Å². The molecular formula is C9H12N4O. The second kappa shape index (κ2) is 4.06. The van der Waals surface area contributed by atoms with E-state index in [-0.39, 0.29) is 6.61 Å². The molecule has 2 aromatic heterocycles. The molecule has 0 aromatic carbocycles. The van der Waals surface area contributed by atoms with E-state index < -0.39 is 0 Å². The topological polar surface area (TPSA) is 62.5 Å². The standard InChI is InChI=1S/C9H12N4O/c14-7-1-4-10-8-3-6-13-9(12-8)2-5-11-13/h2-3,5-6,14H,1,4,7H2,(H,10,12). The van der Waals surface area contributed by atoms with E-state index in [0.717, 1.165) is 24.4 Å². The Hall–Kier alpha value is -1.62. The third-order valence-corrected chi connectivity index (χ3v) is 1.90. The van der Waals surface area contributed by atoms with Crippen LogP contribution in [0.1, 0.15) is 6.42 Å². The number of hydrogen-bond acceptors (Lipinski definition) is 4. The van der Waals surface area contributed by atoms with E-state index in [0.29, 0.717) is 0 Å². The highest BCUT2D eigenvalue weighted by atomic mass is 16.3. The molecule has 0 atom stereocenters. The first-order valence-electron chi connectivity index (χ1n) is 4.55. The highest BCUT2D eigenvalue weighted by molar-refractivity contribution is 5.45. The second-order valence-corrected chi connectivity index (χ2v) is 2.95. The molecule has 2 rings (SSSR count). The van der Waals surface area contributed by atoms with Crippen LogP contribution >= 0.6 is 0 Å². The van der Waals surface area contributed by atoms with Crippen molar-refractivity contribution in [3.05, 3.63) is 24.5 Å². The quantitative estimate of drug-likeness (QED) is 0.693. The van der Waals surface area contributed by atoms with Crippen molar-refractivity contribution in [2.45, 2.75) is 6.42 Å². The number of aliphatic hydroxyl groups excluding tert-OH is 1. The number of nitrogens with one attached hydrogen (secondary N) is 1. The highest BCUT2D eigenvalue weighted by Crippen LogP contribution is 2.05. The molecule has 0 aliphatic heterocycles. The van der Waals surface area contributed by atoms with Gasteiger partial charge in [-0.3, -0.25) is 0 Å². The first kappa shape index (κ1) is 8.96. The van der Waals surface area contributed by atoms with Crippen LogP contribution in [-0.4, -0.2) is 32.9 Å². The number of nitrogens with zero attached hydrogens (tertiary/aromatic N) is 3. The molecule has 2 heterocycles. The van der Waals surface area contributed by atoms with Crippen LogP contribution in [0.4, 0.5) is 5.82 Å². The molecule has 2 N–H and O–H groups in total. The Balaban J connectivity index is 2.10. The Kier molecular flexibility index (Phi) is 2.60. The fourth-order valence-electron chi connectivity index (χ4n) is 1.21. The minimum atomic E-state index is 0.196. The fraction of sp³-hybridized carbons (Fsp3) is 0.333. The maximum Gasteiger partial charge on any atom is 0.157 e. The number of aromatic nitrogens is 3. The van der Waals surface area contributed by atoms with Gasteiger partial charge >= 0.3 is 0 Å². The van der Waals surface area contributed by atoms with Gasteiger partial charge in [-0.05, 0) is 12.5 Å². The summed E-state index contributed by atoms with van der Waals surface area (Å²) < 4.78 is 1.71. The molecule has 74 valence electrons. The van der Waals surface area contributed by atoms with Crippen LogP contribution in [0.5, 0.6) is 0 Å². The highest BCUT2D eigenvalue weighted by Gasteiger charge is 1.96. The molecule has 0 radical (unpaired) electrons. The Bertz CT molecular complexity index is 412. The Labute approximate surface area is 81.4 Å². The lowest BCUT2D eigenvalue weighted by Gasteiger charge is -2.03. The summed E-state index contributed by atoms with van der Waals surface area (Å²) in [5.41, 5.74) is 0.819. The number of rotatable bonds is 4. The van der Waals surface area contributed by atoms with Crippen LogP contribution < -0.4 is 5.32 Å². The van der Waals surface area contributed by atoms with E-state index in [1.807, 2.05) is 18.3 Å². The zero-order valence-electron chi connectivity index (χ0n) is 7.72. The Morgan fingerprint density at radius 3 is 3.21 bits per heavy atom. The molecule has 2 aromatic rings. The van der Waals surface area contributed by atoms with Gasteiger partial charge in [0, 0.05) is 25.4 Å². The van der Waals surface area contributed by atoms with Gasteiger partial charge in [0.2, 0.25) is 0 Å². The Morgan fingerprint density at radius 2 is 2.36 bits per heavy atom. The molecule has 0 unspecified atom stereocenters. The van der Waals surface area contributed by atoms with Gasteiger partial charge in [0.25, 0.3) is 0 Å². The van der Waals surface area contributed by atoms with E-state index in [4.69, 9.17) is 5.11 Å². The van der Waals surface area contributed by atoms with Crippen molar-refractivity contribution in [1.82, 2.24) is 14.6 Å². The third-order valence-electron chi connectivity index (χ3n) is 1.90. The van der Waals surface area contributed by atoms with Gasteiger partial charge in [0.05, 0.1) is 6.20 Å². The maximum atomic E-state index is 8.61. The van der Waals surface area contributed by atoms with Crippen molar-refractivity contribution in [3.63, 3.8) is 0 Å². The minimum Gasteiger partial charge on any atom is -0.396 e. The molecule has 0 bridgehead atoms. The smallest absolute Gasteiger partial charge is 0.157 e. The molecule has 0 saturated heterocycles. The molecule has 0 aliphatic rings. The normalized spacial score (nSPS) is 10.6. The predicted octanol–water partition coefficient (Wildman–Crippen LogP) is 0.524. The van der Waals surface area contributed by atoms with Crippen LogP contribution in [0.3, 0.4) is 0 Å². The predicted molar refractivity (Wildman–Crippen MR) is 53.2 cm³/mol. The van der Waals surface area contributed by atoms with Gasteiger partial charge in [0.15, 0.2) is 5.65 Å². The van der Waals surface area contributed by atoms with Crippen LogP contribution in [0.2, 0.25) is 0 Å². The number of hydrogen-bond donors (Lipinski definition) is 2. The van der Waals surface area contributed by atoms with Gasteiger partial charge in [-0.15, -0.1) is 0 Å². The van der Waals surface area contributed by atoms with Crippen molar-refractivity contribution in [2.24, 2.45) is 0 Å². The van der Waals surface area contributed by atoms with Crippen molar-refractivity contribution >= 4 is 11.5 Å². The fourth-order valence-corrected chi connectivity index (χ4v) is 1.21. The second-order valence-electron chi connectivity index (χ2n) is 2.95. The van der Waals surface area contributed by atoms with E-state index in [1.54, 1.807) is 10.7 Å². The summed E-state index contributed by atoms with van der Waals surface area (Å²) in [7, 11) is 0. The van der Waals surface area contributed by atoms with E-state index >= 15 is 0 Å². The van der Waals surface area contributed by atoms with Crippen molar-refractivity contribution in [1.29, 1.82) is 0 Å². The van der Waals surface area contributed by atoms with Gasteiger partial charge in [-0.25, -0.2) is 9.50 Å². The molecule has 0 saturated carbocycles. The van der Waals surface area contributed by atoms with E-state index in [9.17, 15) is 0 Å². The molecule has 14 heavy (non-hydrogen) atoms. The monoisotopic (exact) mass is 192 g/mol. The van der Waals surface area contributed by atoms with Gasteiger partial charge < -0.3 is 10.4 Å². The zero-order valence-corrected chi connectivity index (χ0v) is 7.72. The first-order chi connectivity index (χ1) is 6.90. The summed E-state index contributed by atoms with van der Waals surface area (Å²) in [5, 5.41) is 15.8. The van der Waals surface area contributed by atoms with Crippen molar-refractivity contribution < 1.29 is 5.11 Å². The lowest BCUT2D eigenvalue weighted by atomic mass is 10.4. The van der Waals surface area contributed by atoms with E-state index in [1.165, 1.54) is 0 Å². The number of aliphatic hydroxyl groups is 1. The van der Waals surface area contributed by atoms with E-state index in [2.05, 4.69) is 15.4 Å². The summed E-state index contributed by atoms with van der Waals surface area (Å²) in [5.74, 6) is 0.812. The molecule has 0 amide bonds. The van der Waals surface area contributed by atoms with Crippen molar-refractivity contribution in [2.75, 3.05) is 18.5 Å². The largest absolute Gasteiger partial charge is 0.396 e. The van der Waals surface area contributed by atoms with Crippen LogP contribution in [-0.2, 0) is 0 Å². The molecule has 0 aliphatic carbocycles. The molecule has 5 nitrogen and oxygen atoms in total. The average Bonchev–Trinajstić information content (AvgIpc) is 2.65. The van der Waals surface area contributed by atoms with Crippen LogP contribution in [0, 0.1) is 0 Å². The molecule has 5 heteroatoms. The molecule has 0 spiro atoms. The summed E-state index contributed by atoms with van der Waals surface area (Å²) in [6.07, 6.45) is 4.29. The molecule has 0 fully saturated rings. The van der Waals surface area contributed by atoms with Crippen LogP contribution in [0.15, 0.2) is 24.5 Å². The summed E-state index contributed by atoms with van der Waals surface area (Å²) in [6, 6.07) is 3.70. The Morgan fingerprint density at radius 1 is 1.43 bits per heavy atom. The third kappa shape index (κ3) is 1.82. The summed E-state index contributed by atoms with van der Waals surface area (Å²) in [4.78, 5) is 4.31. The first-order valence-corrected chi connectivity index (χ1v) is 4.55. The lowest BCUT2D eigenvalue weighted by molar-refractivity contribution is 0.292. The SMILES string of the molecule is OCCCNc1ccn2nccc2n1. The lowest BCUT2D eigenvalue weighted by Crippen LogP contribution is -2.05. The number of anilines is 1. The van der Waals surface area contributed by atoms with Gasteiger partial charge in [0.1, 0.15) is 5.82 Å². The zero-order chi connectivity index (χ0) is 9.80.